The van der Waals surface area contributed by atoms with E-state index in [1.54, 1.807) is 13.8 Å². The van der Waals surface area contributed by atoms with Gasteiger partial charge in [0.2, 0.25) is 0 Å². The van der Waals surface area contributed by atoms with Gasteiger partial charge in [-0.3, -0.25) is 9.78 Å². The van der Waals surface area contributed by atoms with Gasteiger partial charge in [0.05, 0.1) is 35.4 Å². The largest absolute Gasteiger partial charge is 0.418 e. The normalized spacial score (nSPS) is 23.1. The van der Waals surface area contributed by atoms with Crippen LogP contribution in [0.1, 0.15) is 45.6 Å². The van der Waals surface area contributed by atoms with Gasteiger partial charge in [-0.25, -0.2) is 4.99 Å². The van der Waals surface area contributed by atoms with Crippen LogP contribution >= 0.6 is 0 Å². The standard InChI is InChI=1S/C22H30F3N5O2/c1-4-17(28-16(3)26)6-10-29-11-7-21(8-12-29)14-30(20(31)15(2)32-21)19-13-27-9-5-18(19)22(23,24)25/h4-5,9,13,15H,6-8,10-12,14H2,1-3H3,(H2,26,28)/b17-4-. The van der Waals surface area contributed by atoms with E-state index in [1.165, 1.54) is 4.90 Å². The van der Waals surface area contributed by atoms with Crippen molar-refractivity contribution in [2.24, 2.45) is 10.7 Å². The van der Waals surface area contributed by atoms with E-state index in [4.69, 9.17) is 10.5 Å². The number of halogens is 3. The van der Waals surface area contributed by atoms with Gasteiger partial charge in [-0.1, -0.05) is 6.08 Å². The van der Waals surface area contributed by atoms with E-state index in [2.05, 4.69) is 14.9 Å². The number of ether oxygens (including phenoxy) is 1. The fourth-order valence-electron chi connectivity index (χ4n) is 4.32. The van der Waals surface area contributed by atoms with Gasteiger partial charge >= 0.3 is 6.18 Å². The number of aliphatic imine (C=N–C) groups is 1. The first kappa shape index (κ1) is 24.2. The highest BCUT2D eigenvalue weighted by Gasteiger charge is 2.47. The number of pyridine rings is 1. The number of alkyl halides is 3. The summed E-state index contributed by atoms with van der Waals surface area (Å²) in [5.41, 5.74) is 4.82. The SMILES string of the molecule is C/C=C(/CCN1CCC2(CC1)CN(c1cnccc1C(F)(F)F)C(=O)C(C)O2)N=C(C)N. The molecule has 0 aliphatic carbocycles. The van der Waals surface area contributed by atoms with Crippen LogP contribution in [-0.4, -0.2) is 59.5 Å². The Morgan fingerprint density at radius 1 is 1.41 bits per heavy atom. The highest BCUT2D eigenvalue weighted by molar-refractivity contribution is 5.97. The third-order valence-corrected chi connectivity index (χ3v) is 5.99. The molecule has 0 bridgehead atoms. The Morgan fingerprint density at radius 2 is 2.09 bits per heavy atom. The third-order valence-electron chi connectivity index (χ3n) is 5.99. The van der Waals surface area contributed by atoms with Gasteiger partial charge < -0.3 is 20.3 Å². The highest BCUT2D eigenvalue weighted by atomic mass is 19.4. The minimum absolute atomic E-state index is 0.0789. The van der Waals surface area contributed by atoms with Crippen LogP contribution < -0.4 is 10.6 Å². The first-order chi connectivity index (χ1) is 15.0. The van der Waals surface area contributed by atoms with Crippen molar-refractivity contribution in [2.75, 3.05) is 31.1 Å². The number of likely N-dealkylation sites (tertiary alicyclic amines) is 1. The van der Waals surface area contributed by atoms with Crippen molar-refractivity contribution < 1.29 is 22.7 Å². The molecule has 2 N–H and O–H groups in total. The molecule has 2 aliphatic heterocycles. The maximum absolute atomic E-state index is 13.5. The van der Waals surface area contributed by atoms with Gasteiger partial charge in [-0.2, -0.15) is 13.2 Å². The number of hydrogen-bond acceptors (Lipinski definition) is 5. The quantitative estimate of drug-likeness (QED) is 0.546. The average molecular weight is 454 g/mol. The molecule has 0 saturated carbocycles. The number of amides is 1. The molecule has 0 radical (unpaired) electrons. The molecule has 1 aromatic heterocycles. The van der Waals surface area contributed by atoms with Crippen molar-refractivity contribution >= 4 is 17.4 Å². The van der Waals surface area contributed by atoms with E-state index in [9.17, 15) is 18.0 Å². The van der Waals surface area contributed by atoms with Gasteiger partial charge in [0.1, 0.15) is 6.10 Å². The van der Waals surface area contributed by atoms with Crippen LogP contribution in [0.4, 0.5) is 18.9 Å². The molecule has 1 unspecified atom stereocenters. The summed E-state index contributed by atoms with van der Waals surface area (Å²) >= 11 is 0. The van der Waals surface area contributed by atoms with Crippen LogP contribution in [0.15, 0.2) is 35.2 Å². The maximum Gasteiger partial charge on any atom is 0.418 e. The van der Waals surface area contributed by atoms with Crippen molar-refractivity contribution in [1.82, 2.24) is 9.88 Å². The van der Waals surface area contributed by atoms with Crippen LogP contribution in [0, 0.1) is 0 Å². The Hall–Kier alpha value is -2.46. The van der Waals surface area contributed by atoms with E-state index in [0.717, 1.165) is 50.2 Å². The molecular formula is C22H30F3N5O2. The zero-order valence-electron chi connectivity index (χ0n) is 18.7. The Bertz CT molecular complexity index is 888. The van der Waals surface area contributed by atoms with Gasteiger partial charge in [0.15, 0.2) is 0 Å². The number of aromatic nitrogens is 1. The molecule has 0 aromatic carbocycles. The molecule has 3 heterocycles. The van der Waals surface area contributed by atoms with Crippen LogP contribution in [0.25, 0.3) is 0 Å². The second-order valence-corrected chi connectivity index (χ2v) is 8.38. The molecule has 32 heavy (non-hydrogen) atoms. The lowest BCUT2D eigenvalue weighted by Crippen LogP contribution is -2.61. The van der Waals surface area contributed by atoms with Crippen LogP contribution in [0.3, 0.4) is 0 Å². The fraction of sp³-hybridized carbons (Fsp3) is 0.591. The number of piperidine rings is 1. The zero-order chi connectivity index (χ0) is 23.5. The Labute approximate surface area is 186 Å². The van der Waals surface area contributed by atoms with Gasteiger partial charge in [-0.15, -0.1) is 0 Å². The first-order valence-electron chi connectivity index (χ1n) is 10.7. The second-order valence-electron chi connectivity index (χ2n) is 8.38. The highest BCUT2D eigenvalue weighted by Crippen LogP contribution is 2.40. The minimum atomic E-state index is -4.58. The number of hydrogen-bond donors (Lipinski definition) is 1. The predicted octanol–water partition coefficient (Wildman–Crippen LogP) is 3.36. The number of nitrogens with two attached hydrogens (primary N) is 1. The maximum atomic E-state index is 13.5. The van der Waals surface area contributed by atoms with E-state index in [1.807, 2.05) is 13.0 Å². The molecule has 2 fully saturated rings. The van der Waals surface area contributed by atoms with Crippen LogP contribution in [-0.2, 0) is 15.7 Å². The lowest BCUT2D eigenvalue weighted by Gasteiger charge is -2.49. The summed E-state index contributed by atoms with van der Waals surface area (Å²) in [5.74, 6) is 0.0305. The summed E-state index contributed by atoms with van der Waals surface area (Å²) in [6, 6.07) is 0.905. The van der Waals surface area contributed by atoms with Crippen molar-refractivity contribution in [3.05, 3.63) is 35.8 Å². The fourth-order valence-corrected chi connectivity index (χ4v) is 4.32. The Kier molecular flexibility index (Phi) is 7.24. The molecule has 7 nitrogen and oxygen atoms in total. The molecule has 1 spiro atoms. The third kappa shape index (κ3) is 5.47. The van der Waals surface area contributed by atoms with Crippen molar-refractivity contribution in [3.8, 4) is 0 Å². The van der Waals surface area contributed by atoms with E-state index in [-0.39, 0.29) is 12.2 Å². The molecule has 3 rings (SSSR count). The summed E-state index contributed by atoms with van der Waals surface area (Å²) in [6.07, 6.45) is 0.720. The molecule has 1 atom stereocenters. The lowest BCUT2D eigenvalue weighted by molar-refractivity contribution is -0.162. The van der Waals surface area contributed by atoms with Crippen LogP contribution in [0.5, 0.6) is 0 Å². The average Bonchev–Trinajstić information content (AvgIpc) is 2.74. The summed E-state index contributed by atoms with van der Waals surface area (Å²) < 4.78 is 46.7. The number of carbonyl (C=O) groups excluding carboxylic acids is 1. The van der Waals surface area contributed by atoms with Gasteiger partial charge in [0, 0.05) is 37.9 Å². The number of nitrogens with zero attached hydrogens (tertiary/aromatic N) is 4. The van der Waals surface area contributed by atoms with E-state index >= 15 is 0 Å². The monoisotopic (exact) mass is 453 g/mol. The number of amidine groups is 1. The van der Waals surface area contributed by atoms with Crippen LogP contribution in [0.2, 0.25) is 0 Å². The first-order valence-corrected chi connectivity index (χ1v) is 10.7. The Morgan fingerprint density at radius 3 is 2.69 bits per heavy atom. The van der Waals surface area contributed by atoms with Crippen molar-refractivity contribution in [1.29, 1.82) is 0 Å². The second kappa shape index (κ2) is 9.58. The minimum Gasteiger partial charge on any atom is -0.387 e. The molecule has 1 aromatic rings. The lowest BCUT2D eigenvalue weighted by atomic mass is 9.88. The summed E-state index contributed by atoms with van der Waals surface area (Å²) in [7, 11) is 0. The van der Waals surface area contributed by atoms with Crippen molar-refractivity contribution in [3.63, 3.8) is 0 Å². The smallest absolute Gasteiger partial charge is 0.387 e. The Balaban J connectivity index is 1.71. The topological polar surface area (TPSA) is 84.0 Å². The number of allylic oxidation sites excluding steroid dienone is 1. The summed E-state index contributed by atoms with van der Waals surface area (Å²) in [5, 5.41) is 0. The zero-order valence-corrected chi connectivity index (χ0v) is 18.7. The molecule has 10 heteroatoms. The molecule has 2 aliphatic rings. The molecule has 1 amide bonds. The predicted molar refractivity (Wildman–Crippen MR) is 116 cm³/mol. The number of carbonyl (C=O) groups is 1. The van der Waals surface area contributed by atoms with Gasteiger partial charge in [-0.05, 0) is 39.7 Å². The molecular weight excluding hydrogens is 423 g/mol. The van der Waals surface area contributed by atoms with Gasteiger partial charge in [0.25, 0.3) is 5.91 Å². The molecule has 176 valence electrons. The van der Waals surface area contributed by atoms with E-state index < -0.39 is 29.4 Å². The number of morpholine rings is 1. The number of anilines is 1. The number of rotatable bonds is 5. The van der Waals surface area contributed by atoms with E-state index in [0.29, 0.717) is 18.7 Å². The van der Waals surface area contributed by atoms with Crippen molar-refractivity contribution in [2.45, 2.75) is 57.9 Å². The summed E-state index contributed by atoms with van der Waals surface area (Å²) in [6.45, 7) is 7.57. The molecule has 2 saturated heterocycles. The summed E-state index contributed by atoms with van der Waals surface area (Å²) in [4.78, 5) is 24.4.